The highest BCUT2D eigenvalue weighted by molar-refractivity contribution is 7.15. The number of imidazole rings is 1. The van der Waals surface area contributed by atoms with Gasteiger partial charge in [-0.1, -0.05) is 13.3 Å². The molecule has 5 nitrogen and oxygen atoms in total. The lowest BCUT2D eigenvalue weighted by Crippen LogP contribution is -2.26. The Morgan fingerprint density at radius 2 is 2.44 bits per heavy atom. The van der Waals surface area contributed by atoms with Gasteiger partial charge < -0.3 is 15.2 Å². The summed E-state index contributed by atoms with van der Waals surface area (Å²) in [5.41, 5.74) is 0.998. The summed E-state index contributed by atoms with van der Waals surface area (Å²) >= 11 is 1.58. The third-order valence-corrected chi connectivity index (χ3v) is 3.57. The number of methoxy groups -OCH3 is 1. The average Bonchev–Trinajstić information content (AvgIpc) is 2.91. The third-order valence-electron chi connectivity index (χ3n) is 2.81. The molecule has 6 heteroatoms. The molecule has 0 spiro atoms. The molecule has 18 heavy (non-hydrogen) atoms. The van der Waals surface area contributed by atoms with E-state index in [0.29, 0.717) is 19.0 Å². The van der Waals surface area contributed by atoms with Gasteiger partial charge in [-0.15, -0.1) is 11.3 Å². The summed E-state index contributed by atoms with van der Waals surface area (Å²) < 4.78 is 7.28. The predicted octanol–water partition coefficient (Wildman–Crippen LogP) is 1.65. The number of thiazole rings is 1. The Balaban J connectivity index is 1.99. The SMILES string of the molecule is CCCC(O)CNCc1c(OC)nc2sccn12. The minimum atomic E-state index is -0.285. The van der Waals surface area contributed by atoms with Crippen molar-refractivity contribution < 1.29 is 9.84 Å². The Morgan fingerprint density at radius 1 is 1.61 bits per heavy atom. The maximum absolute atomic E-state index is 9.66. The van der Waals surface area contributed by atoms with Crippen molar-refractivity contribution in [2.24, 2.45) is 0 Å². The molecule has 0 aromatic carbocycles. The van der Waals surface area contributed by atoms with Crippen LogP contribution in [-0.4, -0.2) is 34.2 Å². The van der Waals surface area contributed by atoms with Crippen molar-refractivity contribution in [2.45, 2.75) is 32.4 Å². The van der Waals surface area contributed by atoms with Crippen molar-refractivity contribution in [1.82, 2.24) is 14.7 Å². The molecule has 2 rings (SSSR count). The van der Waals surface area contributed by atoms with Crippen LogP contribution in [0.3, 0.4) is 0 Å². The van der Waals surface area contributed by atoms with Crippen molar-refractivity contribution >= 4 is 16.3 Å². The molecule has 0 fully saturated rings. The number of hydrogen-bond acceptors (Lipinski definition) is 5. The van der Waals surface area contributed by atoms with Crippen LogP contribution in [0.25, 0.3) is 4.96 Å². The minimum absolute atomic E-state index is 0.285. The van der Waals surface area contributed by atoms with E-state index < -0.39 is 0 Å². The van der Waals surface area contributed by atoms with E-state index in [-0.39, 0.29) is 6.10 Å². The van der Waals surface area contributed by atoms with E-state index in [2.05, 4.69) is 17.2 Å². The van der Waals surface area contributed by atoms with Crippen LogP contribution < -0.4 is 10.1 Å². The molecule has 0 aliphatic heterocycles. The molecule has 2 aromatic heterocycles. The van der Waals surface area contributed by atoms with Crippen LogP contribution >= 0.6 is 11.3 Å². The van der Waals surface area contributed by atoms with Crippen LogP contribution in [0.2, 0.25) is 0 Å². The molecule has 0 amide bonds. The van der Waals surface area contributed by atoms with Gasteiger partial charge in [0.25, 0.3) is 0 Å². The normalized spacial score (nSPS) is 13.1. The largest absolute Gasteiger partial charge is 0.480 e. The zero-order valence-corrected chi connectivity index (χ0v) is 11.5. The summed E-state index contributed by atoms with van der Waals surface area (Å²) in [5.74, 6) is 0.652. The van der Waals surface area contributed by atoms with Gasteiger partial charge in [0.2, 0.25) is 5.88 Å². The number of aliphatic hydroxyl groups excluding tert-OH is 1. The zero-order chi connectivity index (χ0) is 13.0. The van der Waals surface area contributed by atoms with Crippen molar-refractivity contribution in [1.29, 1.82) is 0 Å². The Kier molecular flexibility index (Phi) is 4.57. The van der Waals surface area contributed by atoms with Crippen LogP contribution in [0.4, 0.5) is 0 Å². The molecule has 1 unspecified atom stereocenters. The maximum Gasteiger partial charge on any atom is 0.237 e. The van der Waals surface area contributed by atoms with E-state index in [4.69, 9.17) is 4.74 Å². The quantitative estimate of drug-likeness (QED) is 0.802. The smallest absolute Gasteiger partial charge is 0.237 e. The summed E-state index contributed by atoms with van der Waals surface area (Å²) in [6.45, 7) is 3.30. The van der Waals surface area contributed by atoms with E-state index in [9.17, 15) is 5.11 Å². The summed E-state index contributed by atoms with van der Waals surface area (Å²) in [5, 5.41) is 14.9. The molecule has 1 atom stereocenters. The van der Waals surface area contributed by atoms with Crippen molar-refractivity contribution in [3.05, 3.63) is 17.3 Å². The molecule has 0 aliphatic carbocycles. The summed E-state index contributed by atoms with van der Waals surface area (Å²) in [4.78, 5) is 5.31. The number of fused-ring (bicyclic) bond motifs is 1. The first-order chi connectivity index (χ1) is 8.76. The number of aromatic nitrogens is 2. The molecule has 0 bridgehead atoms. The monoisotopic (exact) mass is 269 g/mol. The Labute approximate surface area is 110 Å². The molecular formula is C12H19N3O2S. The van der Waals surface area contributed by atoms with Crippen molar-refractivity contribution in [3.63, 3.8) is 0 Å². The van der Waals surface area contributed by atoms with Gasteiger partial charge in [0.1, 0.15) is 5.69 Å². The topological polar surface area (TPSA) is 58.8 Å². The van der Waals surface area contributed by atoms with Gasteiger partial charge in [0.15, 0.2) is 4.96 Å². The lowest BCUT2D eigenvalue weighted by Gasteiger charge is -2.10. The predicted molar refractivity (Wildman–Crippen MR) is 72.2 cm³/mol. The van der Waals surface area contributed by atoms with Gasteiger partial charge >= 0.3 is 0 Å². The van der Waals surface area contributed by atoms with Crippen molar-refractivity contribution in [3.8, 4) is 5.88 Å². The van der Waals surface area contributed by atoms with Crippen LogP contribution in [0.5, 0.6) is 5.88 Å². The molecule has 100 valence electrons. The summed E-state index contributed by atoms with van der Waals surface area (Å²) in [6.07, 6.45) is 3.51. The van der Waals surface area contributed by atoms with Gasteiger partial charge in [0, 0.05) is 24.7 Å². The summed E-state index contributed by atoms with van der Waals surface area (Å²) in [6, 6.07) is 0. The molecular weight excluding hydrogens is 250 g/mol. The first-order valence-electron chi connectivity index (χ1n) is 6.13. The zero-order valence-electron chi connectivity index (χ0n) is 10.7. The lowest BCUT2D eigenvalue weighted by molar-refractivity contribution is 0.160. The summed E-state index contributed by atoms with van der Waals surface area (Å²) in [7, 11) is 1.63. The average molecular weight is 269 g/mol. The van der Waals surface area contributed by atoms with Crippen molar-refractivity contribution in [2.75, 3.05) is 13.7 Å². The molecule has 2 heterocycles. The van der Waals surface area contributed by atoms with Gasteiger partial charge in [-0.3, -0.25) is 4.40 Å². The van der Waals surface area contributed by atoms with Gasteiger partial charge in [-0.05, 0) is 6.42 Å². The highest BCUT2D eigenvalue weighted by atomic mass is 32.1. The fourth-order valence-electron chi connectivity index (χ4n) is 1.93. The number of hydrogen-bond donors (Lipinski definition) is 2. The van der Waals surface area contributed by atoms with Crippen LogP contribution in [-0.2, 0) is 6.54 Å². The van der Waals surface area contributed by atoms with E-state index in [1.165, 1.54) is 0 Å². The standard InChI is InChI=1S/C12H19N3O2S/c1-3-4-9(16)7-13-8-10-11(17-2)14-12-15(10)5-6-18-12/h5-6,9,13,16H,3-4,7-8H2,1-2H3. The van der Waals surface area contributed by atoms with E-state index in [1.54, 1.807) is 18.4 Å². The number of nitrogens with one attached hydrogen (secondary N) is 1. The van der Waals surface area contributed by atoms with Gasteiger partial charge in [-0.25, -0.2) is 0 Å². The fraction of sp³-hybridized carbons (Fsp3) is 0.583. The number of nitrogens with zero attached hydrogens (tertiary/aromatic N) is 2. The Morgan fingerprint density at radius 3 is 3.17 bits per heavy atom. The van der Waals surface area contributed by atoms with E-state index in [1.807, 2.05) is 16.0 Å². The molecule has 2 N–H and O–H groups in total. The molecule has 0 saturated heterocycles. The Hall–Kier alpha value is -1.11. The van der Waals surface area contributed by atoms with Gasteiger partial charge in [0.05, 0.1) is 13.2 Å². The van der Waals surface area contributed by atoms with Gasteiger partial charge in [-0.2, -0.15) is 4.98 Å². The number of ether oxygens (including phenoxy) is 1. The van der Waals surface area contributed by atoms with E-state index >= 15 is 0 Å². The van der Waals surface area contributed by atoms with Crippen LogP contribution in [0.15, 0.2) is 11.6 Å². The minimum Gasteiger partial charge on any atom is -0.480 e. The Bertz CT molecular complexity index is 494. The molecule has 0 aliphatic rings. The first-order valence-corrected chi connectivity index (χ1v) is 7.01. The molecule has 0 saturated carbocycles. The van der Waals surface area contributed by atoms with Crippen LogP contribution in [0.1, 0.15) is 25.5 Å². The number of aliphatic hydroxyl groups is 1. The lowest BCUT2D eigenvalue weighted by atomic mass is 10.2. The number of rotatable bonds is 7. The second kappa shape index (κ2) is 6.17. The first kappa shape index (κ1) is 13.3. The van der Waals surface area contributed by atoms with Crippen LogP contribution in [0, 0.1) is 0 Å². The second-order valence-corrected chi connectivity index (χ2v) is 5.07. The fourth-order valence-corrected chi connectivity index (χ4v) is 2.65. The molecule has 0 radical (unpaired) electrons. The second-order valence-electron chi connectivity index (χ2n) is 4.20. The molecule has 2 aromatic rings. The third kappa shape index (κ3) is 2.82. The van der Waals surface area contributed by atoms with E-state index in [0.717, 1.165) is 23.5 Å². The highest BCUT2D eigenvalue weighted by Gasteiger charge is 2.13. The maximum atomic E-state index is 9.66. The highest BCUT2D eigenvalue weighted by Crippen LogP contribution is 2.22.